The Balaban J connectivity index is 1.76. The largest absolute Gasteiger partial charge is 0.451 e. The highest BCUT2D eigenvalue weighted by atomic mass is 32.2. The lowest BCUT2D eigenvalue weighted by molar-refractivity contribution is 0.0285. The van der Waals surface area contributed by atoms with E-state index in [1.165, 1.54) is 47.5 Å². The summed E-state index contributed by atoms with van der Waals surface area (Å²) in [5.74, 6) is 0.176. The number of nitrogens with zero attached hydrogens (tertiary/aromatic N) is 2. The van der Waals surface area contributed by atoms with E-state index >= 15 is 0 Å². The molecule has 4 rings (SSSR count). The van der Waals surface area contributed by atoms with Crippen molar-refractivity contribution in [3.8, 4) is 22.8 Å². The van der Waals surface area contributed by atoms with Gasteiger partial charge in [0, 0.05) is 31.8 Å². The number of amides is 1. The average Bonchev–Trinajstić information content (AvgIpc) is 3.35. The van der Waals surface area contributed by atoms with Crippen LogP contribution in [-0.2, 0) is 21.3 Å². The second-order valence-corrected chi connectivity index (χ2v) is 11.1. The molecular weight excluding hydrogens is 475 g/mol. The van der Waals surface area contributed by atoms with Crippen LogP contribution in [0.15, 0.2) is 59.6 Å². The minimum absolute atomic E-state index is 0.0470. The summed E-state index contributed by atoms with van der Waals surface area (Å²) in [6.45, 7) is 7.01. The highest BCUT2D eigenvalue weighted by molar-refractivity contribution is 7.90. The van der Waals surface area contributed by atoms with Crippen molar-refractivity contribution in [3.63, 3.8) is 0 Å². The minimum atomic E-state index is -4.16. The van der Waals surface area contributed by atoms with Crippen molar-refractivity contribution in [2.24, 2.45) is 0 Å². The van der Waals surface area contributed by atoms with Gasteiger partial charge in [-0.2, -0.15) is 0 Å². The predicted octanol–water partition coefficient (Wildman–Crippen LogP) is 5.02. The van der Waals surface area contributed by atoms with Gasteiger partial charge in [-0.3, -0.25) is 0 Å². The van der Waals surface area contributed by atoms with Crippen molar-refractivity contribution in [3.05, 3.63) is 66.1 Å². The molecule has 1 unspecified atom stereocenters. The molecule has 0 saturated carbocycles. The van der Waals surface area contributed by atoms with Crippen LogP contribution in [0.25, 0.3) is 11.3 Å². The molecule has 2 aromatic carbocycles. The fraction of sp³-hybridized carbons (Fsp3) is 0.320. The minimum Gasteiger partial charge on any atom is -0.451 e. The summed E-state index contributed by atoms with van der Waals surface area (Å²) in [5, 5.41) is 0. The molecule has 8 nitrogen and oxygen atoms in total. The van der Waals surface area contributed by atoms with E-state index in [1.807, 2.05) is 0 Å². The van der Waals surface area contributed by atoms with Gasteiger partial charge < -0.3 is 19.1 Å². The first-order chi connectivity index (χ1) is 16.3. The van der Waals surface area contributed by atoms with Gasteiger partial charge in [0.25, 0.3) is 10.0 Å². The maximum absolute atomic E-state index is 14.7. The lowest BCUT2D eigenvalue weighted by Crippen LogP contribution is -2.33. The Morgan fingerprint density at radius 1 is 1.11 bits per heavy atom. The Kier molecular flexibility index (Phi) is 6.27. The van der Waals surface area contributed by atoms with Crippen molar-refractivity contribution < 1.29 is 31.8 Å². The molecular formula is C25H27FN2O6S. The van der Waals surface area contributed by atoms with E-state index in [1.54, 1.807) is 46.9 Å². The normalized spacial score (nSPS) is 15.2. The zero-order valence-electron chi connectivity index (χ0n) is 20.1. The third kappa shape index (κ3) is 5.12. The third-order valence-corrected chi connectivity index (χ3v) is 6.84. The highest BCUT2D eigenvalue weighted by Gasteiger charge is 2.28. The number of fused-ring (bicyclic) bond motifs is 1. The van der Waals surface area contributed by atoms with Crippen molar-refractivity contribution in [2.45, 2.75) is 51.0 Å². The maximum atomic E-state index is 14.7. The molecule has 1 amide bonds. The van der Waals surface area contributed by atoms with Crippen molar-refractivity contribution in [2.75, 3.05) is 7.05 Å². The number of hydrogen-bond acceptors (Lipinski definition) is 6. The quantitative estimate of drug-likeness (QED) is 0.487. The number of rotatable bonds is 5. The fourth-order valence-electron chi connectivity index (χ4n) is 3.66. The number of halogens is 1. The van der Waals surface area contributed by atoms with Crippen LogP contribution in [0.1, 0.15) is 33.3 Å². The summed E-state index contributed by atoms with van der Waals surface area (Å²) < 4.78 is 59.5. The Morgan fingerprint density at radius 3 is 2.49 bits per heavy atom. The zero-order chi connectivity index (χ0) is 25.5. The molecule has 0 spiro atoms. The van der Waals surface area contributed by atoms with Crippen LogP contribution in [0.5, 0.6) is 11.5 Å². The number of benzene rings is 2. The van der Waals surface area contributed by atoms with Crippen molar-refractivity contribution in [1.82, 2.24) is 8.87 Å². The van der Waals surface area contributed by atoms with Crippen LogP contribution < -0.4 is 9.47 Å². The third-order valence-electron chi connectivity index (χ3n) is 5.18. The van der Waals surface area contributed by atoms with Gasteiger partial charge in [-0.1, -0.05) is 12.1 Å². The number of carbonyl (C=O) groups is 1. The smallest absolute Gasteiger partial charge is 0.410 e. The topological polar surface area (TPSA) is 87.1 Å². The molecule has 2 heterocycles. The standard InChI is InChI=1S/C25H27FN2O6S/c1-16-32-22-11-10-18(13-23(22)33-16)35(30,31)28-15-17(14-27(5)24(29)34-25(2,3)4)12-21(28)19-8-6-7-9-20(19)26/h6-13,15-16H,14H2,1-5H3. The maximum Gasteiger partial charge on any atom is 0.410 e. The first kappa shape index (κ1) is 24.6. The van der Waals surface area contributed by atoms with E-state index in [-0.39, 0.29) is 22.7 Å². The summed E-state index contributed by atoms with van der Waals surface area (Å²) >= 11 is 0. The van der Waals surface area contributed by atoms with Gasteiger partial charge in [0.2, 0.25) is 6.29 Å². The van der Waals surface area contributed by atoms with E-state index in [2.05, 4.69) is 0 Å². The average molecular weight is 503 g/mol. The molecule has 0 N–H and O–H groups in total. The van der Waals surface area contributed by atoms with Gasteiger partial charge in [-0.05, 0) is 56.7 Å². The Hall–Kier alpha value is -3.53. The molecule has 186 valence electrons. The van der Waals surface area contributed by atoms with E-state index < -0.39 is 33.8 Å². The van der Waals surface area contributed by atoms with Crippen LogP contribution in [0.3, 0.4) is 0 Å². The number of carbonyl (C=O) groups excluding carboxylic acids is 1. The van der Waals surface area contributed by atoms with Gasteiger partial charge >= 0.3 is 6.09 Å². The Labute approximate surface area is 203 Å². The zero-order valence-corrected chi connectivity index (χ0v) is 20.9. The summed E-state index contributed by atoms with van der Waals surface area (Å²) in [5.41, 5.74) is 0.0309. The molecule has 0 saturated heterocycles. The monoisotopic (exact) mass is 502 g/mol. The number of hydrogen-bond donors (Lipinski definition) is 0. The summed E-state index contributed by atoms with van der Waals surface area (Å²) in [4.78, 5) is 13.7. The molecule has 10 heteroatoms. The molecule has 3 aromatic rings. The SMILES string of the molecule is CC1Oc2ccc(S(=O)(=O)n3cc(CN(C)C(=O)OC(C)(C)C)cc3-c3ccccc3F)cc2O1. The van der Waals surface area contributed by atoms with E-state index in [9.17, 15) is 17.6 Å². The van der Waals surface area contributed by atoms with Gasteiger partial charge in [0.05, 0.1) is 17.1 Å². The lowest BCUT2D eigenvalue weighted by atomic mass is 10.1. The van der Waals surface area contributed by atoms with Gasteiger partial charge in [-0.25, -0.2) is 21.6 Å². The van der Waals surface area contributed by atoms with Gasteiger partial charge in [0.1, 0.15) is 11.4 Å². The molecule has 0 bridgehead atoms. The summed E-state index contributed by atoms with van der Waals surface area (Å²) in [7, 11) is -2.61. The van der Waals surface area contributed by atoms with Crippen LogP contribution in [0.4, 0.5) is 9.18 Å². The Morgan fingerprint density at radius 2 is 1.80 bits per heavy atom. The van der Waals surface area contributed by atoms with Crippen molar-refractivity contribution >= 4 is 16.1 Å². The van der Waals surface area contributed by atoms with Crippen LogP contribution >= 0.6 is 0 Å². The highest BCUT2D eigenvalue weighted by Crippen LogP contribution is 2.38. The van der Waals surface area contributed by atoms with Gasteiger partial charge in [0.15, 0.2) is 11.5 Å². The number of aromatic nitrogens is 1. The van der Waals surface area contributed by atoms with E-state index in [4.69, 9.17) is 14.2 Å². The molecule has 0 aliphatic carbocycles. The molecule has 1 aliphatic heterocycles. The van der Waals surface area contributed by atoms with Gasteiger partial charge in [-0.15, -0.1) is 0 Å². The van der Waals surface area contributed by atoms with Crippen LogP contribution in [-0.4, -0.2) is 42.3 Å². The molecule has 0 radical (unpaired) electrons. The lowest BCUT2D eigenvalue weighted by Gasteiger charge is -2.24. The van der Waals surface area contributed by atoms with Crippen LogP contribution in [0.2, 0.25) is 0 Å². The second kappa shape index (κ2) is 8.92. The molecule has 35 heavy (non-hydrogen) atoms. The van der Waals surface area contributed by atoms with E-state index in [0.29, 0.717) is 17.1 Å². The summed E-state index contributed by atoms with van der Waals surface area (Å²) in [6, 6.07) is 11.8. The molecule has 1 atom stereocenters. The molecule has 1 aliphatic rings. The van der Waals surface area contributed by atoms with Crippen LogP contribution in [0, 0.1) is 5.82 Å². The number of ether oxygens (including phenoxy) is 3. The summed E-state index contributed by atoms with van der Waals surface area (Å²) in [6.07, 6.45) is 0.287. The fourth-order valence-corrected chi connectivity index (χ4v) is 5.07. The predicted molar refractivity (Wildman–Crippen MR) is 127 cm³/mol. The molecule has 0 fully saturated rings. The first-order valence-electron chi connectivity index (χ1n) is 11.0. The first-order valence-corrected chi connectivity index (χ1v) is 12.4. The van der Waals surface area contributed by atoms with E-state index in [0.717, 1.165) is 3.97 Å². The Bertz CT molecular complexity index is 1380. The second-order valence-electron chi connectivity index (χ2n) is 9.26. The molecule has 1 aromatic heterocycles. The van der Waals surface area contributed by atoms with Crippen molar-refractivity contribution in [1.29, 1.82) is 0 Å².